The van der Waals surface area contributed by atoms with Gasteiger partial charge in [0.1, 0.15) is 5.82 Å². The summed E-state index contributed by atoms with van der Waals surface area (Å²) in [7, 11) is 0. The fourth-order valence-corrected chi connectivity index (χ4v) is 9.51. The largest absolute Gasteiger partial charge is 0.309 e. The molecule has 250 valence electrons. The van der Waals surface area contributed by atoms with Gasteiger partial charge >= 0.3 is 0 Å². The highest BCUT2D eigenvalue weighted by Gasteiger charge is 2.25. The molecule has 0 aliphatic carbocycles. The Morgan fingerprint density at radius 1 is 0.415 bits per heavy atom. The van der Waals surface area contributed by atoms with E-state index in [9.17, 15) is 0 Å². The second-order valence-corrected chi connectivity index (χ2v) is 14.6. The molecule has 3 nitrogen and oxygen atoms in total. The smallest absolute Gasteiger partial charge is 0.125 e. The summed E-state index contributed by atoms with van der Waals surface area (Å²) in [5.74, 6) is -0.267. The van der Waals surface area contributed by atoms with Crippen LogP contribution in [0.3, 0.4) is 0 Å². The van der Waals surface area contributed by atoms with Gasteiger partial charge in [-0.1, -0.05) is 103 Å². The van der Waals surface area contributed by atoms with Crippen LogP contribution in [-0.4, -0.2) is 9.13 Å². The highest BCUT2D eigenvalue weighted by molar-refractivity contribution is 7.25. The summed E-state index contributed by atoms with van der Waals surface area (Å²) in [5.41, 5.74) is 9.33. The van der Waals surface area contributed by atoms with Crippen LogP contribution in [0.4, 0.5) is 21.5 Å². The minimum absolute atomic E-state index is 0.267. The number of nitrogens with zero attached hydrogens (tertiary/aromatic N) is 3. The van der Waals surface area contributed by atoms with Crippen LogP contribution in [0.2, 0.25) is 0 Å². The molecule has 11 aromatic rings. The van der Waals surface area contributed by atoms with Crippen molar-refractivity contribution >= 4 is 92.2 Å². The Morgan fingerprint density at radius 2 is 1.04 bits per heavy atom. The Morgan fingerprint density at radius 3 is 1.89 bits per heavy atom. The van der Waals surface area contributed by atoms with Gasteiger partial charge in [0.05, 0.1) is 33.4 Å². The van der Waals surface area contributed by atoms with Crippen LogP contribution in [0.25, 0.3) is 75.2 Å². The zero-order valence-electron chi connectivity index (χ0n) is 28.4. The molecule has 8 aromatic carbocycles. The van der Waals surface area contributed by atoms with Crippen LogP contribution in [0, 0.1) is 5.82 Å². The molecule has 0 bridgehead atoms. The van der Waals surface area contributed by atoms with E-state index in [0.717, 1.165) is 66.7 Å². The molecule has 3 heterocycles. The molecule has 0 spiro atoms. The molecular formula is C48H30FN3S. The van der Waals surface area contributed by atoms with Gasteiger partial charge in [0, 0.05) is 58.8 Å². The van der Waals surface area contributed by atoms with Crippen molar-refractivity contribution in [1.82, 2.24) is 9.13 Å². The third-order valence-electron chi connectivity index (χ3n) is 10.5. The summed E-state index contributed by atoms with van der Waals surface area (Å²) in [6, 6.07) is 63.3. The van der Waals surface area contributed by atoms with E-state index in [1.807, 2.05) is 17.4 Å². The van der Waals surface area contributed by atoms with E-state index in [1.165, 1.54) is 31.6 Å². The van der Waals surface area contributed by atoms with Crippen molar-refractivity contribution in [3.05, 3.63) is 188 Å². The average molecular weight is 700 g/mol. The summed E-state index contributed by atoms with van der Waals surface area (Å²) in [5, 5.41) is 7.08. The first-order valence-electron chi connectivity index (χ1n) is 17.8. The molecule has 11 rings (SSSR count). The monoisotopic (exact) mass is 699 g/mol. The van der Waals surface area contributed by atoms with E-state index in [1.54, 1.807) is 12.1 Å². The molecule has 0 N–H and O–H groups in total. The number of hydrogen-bond donors (Lipinski definition) is 0. The first-order chi connectivity index (χ1) is 26.2. The van der Waals surface area contributed by atoms with E-state index in [4.69, 9.17) is 0 Å². The number of thiophene rings is 1. The number of para-hydroxylation sites is 4. The van der Waals surface area contributed by atoms with Crippen LogP contribution in [0.1, 0.15) is 0 Å². The third kappa shape index (κ3) is 4.51. The Balaban J connectivity index is 1.29. The van der Waals surface area contributed by atoms with Crippen LogP contribution < -0.4 is 4.90 Å². The Kier molecular flexibility index (Phi) is 6.60. The highest BCUT2D eigenvalue weighted by atomic mass is 32.1. The topological polar surface area (TPSA) is 13.1 Å². The fourth-order valence-electron chi connectivity index (χ4n) is 8.37. The van der Waals surface area contributed by atoms with E-state index in [0.29, 0.717) is 0 Å². The molecule has 0 unspecified atom stereocenters. The Labute approximate surface area is 308 Å². The second-order valence-electron chi connectivity index (χ2n) is 13.5. The SMILES string of the molecule is Fc1cccc(-n2c3ccccc3c3cccc(N(c4ccc5c(c4)sc4ccccc45)c4cccc5c4c4ccccc4n5-c4ccccc4)c32)c1. The standard InChI is InChI=1S/C48H30FN3S/c49-31-13-10-16-33(29-31)52-40-21-7-4-17-35(40)38-20-11-25-44(48(38)52)51(34-27-28-37-36-18-6-9-26-45(36)53-46(37)30-34)43-24-12-23-42-47(43)39-19-5-8-22-41(39)50(42)32-14-2-1-3-15-32/h1-30H. The van der Waals surface area contributed by atoms with Crippen molar-refractivity contribution in [3.63, 3.8) is 0 Å². The third-order valence-corrected chi connectivity index (χ3v) is 11.7. The number of anilines is 3. The van der Waals surface area contributed by atoms with E-state index in [-0.39, 0.29) is 5.82 Å². The van der Waals surface area contributed by atoms with Gasteiger partial charge in [-0.15, -0.1) is 11.3 Å². The maximum absolute atomic E-state index is 15.0. The molecule has 53 heavy (non-hydrogen) atoms. The van der Waals surface area contributed by atoms with Crippen molar-refractivity contribution in [3.8, 4) is 11.4 Å². The molecule has 0 saturated carbocycles. The molecule has 0 aliphatic rings. The number of fused-ring (bicyclic) bond motifs is 9. The van der Waals surface area contributed by atoms with E-state index >= 15 is 4.39 Å². The number of aromatic nitrogens is 2. The van der Waals surface area contributed by atoms with Gasteiger partial charge < -0.3 is 14.0 Å². The minimum atomic E-state index is -0.267. The van der Waals surface area contributed by atoms with E-state index in [2.05, 4.69) is 172 Å². The molecule has 0 amide bonds. The molecule has 5 heteroatoms. The van der Waals surface area contributed by atoms with Gasteiger partial charge in [0.15, 0.2) is 0 Å². The van der Waals surface area contributed by atoms with Crippen molar-refractivity contribution in [2.75, 3.05) is 4.90 Å². The van der Waals surface area contributed by atoms with Crippen molar-refractivity contribution in [1.29, 1.82) is 0 Å². The first kappa shape index (κ1) is 30.0. The normalized spacial score (nSPS) is 11.9. The first-order valence-corrected chi connectivity index (χ1v) is 18.6. The van der Waals surface area contributed by atoms with E-state index < -0.39 is 0 Å². The molecule has 0 aliphatic heterocycles. The van der Waals surface area contributed by atoms with Crippen LogP contribution in [0.5, 0.6) is 0 Å². The average Bonchev–Trinajstić information content (AvgIpc) is 3.86. The number of hydrogen-bond acceptors (Lipinski definition) is 2. The minimum Gasteiger partial charge on any atom is -0.309 e. The lowest BCUT2D eigenvalue weighted by molar-refractivity contribution is 0.627. The Bertz CT molecular complexity index is 3210. The maximum atomic E-state index is 15.0. The maximum Gasteiger partial charge on any atom is 0.125 e. The second kappa shape index (κ2) is 11.7. The molecule has 3 aromatic heterocycles. The quantitative estimate of drug-likeness (QED) is 0.174. The molecule has 0 atom stereocenters. The van der Waals surface area contributed by atoms with Gasteiger partial charge in [-0.05, 0) is 78.9 Å². The van der Waals surface area contributed by atoms with Crippen molar-refractivity contribution in [2.24, 2.45) is 0 Å². The summed E-state index contributed by atoms with van der Waals surface area (Å²) < 4.78 is 22.1. The van der Waals surface area contributed by atoms with Crippen LogP contribution >= 0.6 is 11.3 Å². The molecule has 0 radical (unpaired) electrons. The lowest BCUT2D eigenvalue weighted by Crippen LogP contribution is -2.12. The van der Waals surface area contributed by atoms with Gasteiger partial charge in [-0.3, -0.25) is 0 Å². The molecule has 0 saturated heterocycles. The summed E-state index contributed by atoms with van der Waals surface area (Å²) >= 11 is 1.82. The molecule has 0 fully saturated rings. The summed E-state index contributed by atoms with van der Waals surface area (Å²) in [6.07, 6.45) is 0. The fraction of sp³-hybridized carbons (Fsp3) is 0. The van der Waals surface area contributed by atoms with Gasteiger partial charge in [0.2, 0.25) is 0 Å². The lowest BCUT2D eigenvalue weighted by atomic mass is 10.1. The predicted molar refractivity (Wildman–Crippen MR) is 223 cm³/mol. The van der Waals surface area contributed by atoms with Gasteiger partial charge in [-0.25, -0.2) is 4.39 Å². The van der Waals surface area contributed by atoms with Crippen LogP contribution in [-0.2, 0) is 0 Å². The predicted octanol–water partition coefficient (Wildman–Crippen LogP) is 13.9. The highest BCUT2D eigenvalue weighted by Crippen LogP contribution is 2.48. The zero-order chi connectivity index (χ0) is 35.0. The molecular weight excluding hydrogens is 670 g/mol. The zero-order valence-corrected chi connectivity index (χ0v) is 29.3. The summed E-state index contributed by atoms with van der Waals surface area (Å²) in [4.78, 5) is 2.42. The van der Waals surface area contributed by atoms with Gasteiger partial charge in [-0.2, -0.15) is 0 Å². The van der Waals surface area contributed by atoms with Crippen molar-refractivity contribution < 1.29 is 4.39 Å². The number of halogens is 1. The number of benzene rings is 8. The Hall–Kier alpha value is -6.69. The van der Waals surface area contributed by atoms with Crippen molar-refractivity contribution in [2.45, 2.75) is 0 Å². The summed E-state index contributed by atoms with van der Waals surface area (Å²) in [6.45, 7) is 0. The van der Waals surface area contributed by atoms with Gasteiger partial charge in [0.25, 0.3) is 0 Å². The van der Waals surface area contributed by atoms with Crippen LogP contribution in [0.15, 0.2) is 182 Å². The lowest BCUT2D eigenvalue weighted by Gasteiger charge is -2.28. The number of rotatable bonds is 5.